The summed E-state index contributed by atoms with van der Waals surface area (Å²) in [4.78, 5) is 13.5. The minimum atomic E-state index is -0.780. The first kappa shape index (κ1) is 12.9. The second-order valence-electron chi connectivity index (χ2n) is 5.14. The molecule has 2 N–H and O–H groups in total. The van der Waals surface area contributed by atoms with Crippen LogP contribution in [0.2, 0.25) is 0 Å². The lowest BCUT2D eigenvalue weighted by Crippen LogP contribution is -2.48. The summed E-state index contributed by atoms with van der Waals surface area (Å²) in [5.74, 6) is -0.529. The van der Waals surface area contributed by atoms with Crippen LogP contribution in [0.1, 0.15) is 38.3 Å². The molecule has 1 heterocycles. The van der Waals surface area contributed by atoms with Gasteiger partial charge in [0.2, 0.25) is 0 Å². The van der Waals surface area contributed by atoms with Crippen LogP contribution < -0.4 is 0 Å². The molecule has 0 bridgehead atoms. The molecule has 1 aromatic carbocycles. The Morgan fingerprint density at radius 2 is 2.00 bits per heavy atom. The van der Waals surface area contributed by atoms with Crippen LogP contribution in [0.3, 0.4) is 0 Å². The number of rotatable bonds is 3. The first-order valence-electron chi connectivity index (χ1n) is 6.24. The average molecular weight is 249 g/mol. The lowest BCUT2D eigenvalue weighted by atomic mass is 9.96. The van der Waals surface area contributed by atoms with Crippen molar-refractivity contribution in [2.24, 2.45) is 0 Å². The zero-order valence-corrected chi connectivity index (χ0v) is 10.8. The van der Waals surface area contributed by atoms with E-state index in [1.165, 1.54) is 0 Å². The molecule has 2 unspecified atom stereocenters. The highest BCUT2D eigenvalue weighted by atomic mass is 16.4. The van der Waals surface area contributed by atoms with Gasteiger partial charge in [-0.15, -0.1) is 0 Å². The van der Waals surface area contributed by atoms with E-state index in [1.54, 1.807) is 19.1 Å². The minimum Gasteiger partial charge on any atom is -0.508 e. The number of phenols is 1. The molecule has 1 aromatic rings. The highest BCUT2D eigenvalue weighted by Crippen LogP contribution is 2.37. The molecule has 1 saturated heterocycles. The van der Waals surface area contributed by atoms with Gasteiger partial charge in [-0.1, -0.05) is 12.1 Å². The van der Waals surface area contributed by atoms with Crippen molar-refractivity contribution in [1.29, 1.82) is 0 Å². The van der Waals surface area contributed by atoms with Gasteiger partial charge in [-0.2, -0.15) is 0 Å². The lowest BCUT2D eigenvalue weighted by Gasteiger charge is -2.36. The lowest BCUT2D eigenvalue weighted by molar-refractivity contribution is -0.149. The molecule has 0 aromatic heterocycles. The number of carbonyl (C=O) groups is 1. The highest BCUT2D eigenvalue weighted by molar-refractivity contribution is 5.78. The Balaban J connectivity index is 2.25. The fourth-order valence-electron chi connectivity index (χ4n) is 2.77. The fraction of sp³-hybridized carbons (Fsp3) is 0.500. The zero-order chi connectivity index (χ0) is 13.3. The van der Waals surface area contributed by atoms with E-state index in [0.717, 1.165) is 18.5 Å². The van der Waals surface area contributed by atoms with Crippen LogP contribution in [-0.2, 0) is 4.79 Å². The van der Waals surface area contributed by atoms with Crippen molar-refractivity contribution in [3.63, 3.8) is 0 Å². The average Bonchev–Trinajstić information content (AvgIpc) is 2.73. The van der Waals surface area contributed by atoms with Crippen molar-refractivity contribution < 1.29 is 15.0 Å². The van der Waals surface area contributed by atoms with Crippen molar-refractivity contribution in [3.05, 3.63) is 29.8 Å². The Labute approximate surface area is 107 Å². The van der Waals surface area contributed by atoms with E-state index >= 15 is 0 Å². The van der Waals surface area contributed by atoms with Gasteiger partial charge in [0.05, 0.1) is 0 Å². The van der Waals surface area contributed by atoms with E-state index < -0.39 is 11.5 Å². The number of phenolic OH excluding ortho intramolecular Hbond substituents is 1. The van der Waals surface area contributed by atoms with Crippen molar-refractivity contribution in [3.8, 4) is 5.75 Å². The van der Waals surface area contributed by atoms with Crippen LogP contribution in [0.4, 0.5) is 0 Å². The van der Waals surface area contributed by atoms with Crippen LogP contribution in [-0.4, -0.2) is 33.2 Å². The molecule has 2 atom stereocenters. The Bertz CT molecular complexity index is 443. The molecule has 0 saturated carbocycles. The topological polar surface area (TPSA) is 60.8 Å². The maximum Gasteiger partial charge on any atom is 0.323 e. The fourth-order valence-corrected chi connectivity index (χ4v) is 2.77. The third-order valence-corrected chi connectivity index (χ3v) is 4.00. The summed E-state index contributed by atoms with van der Waals surface area (Å²) >= 11 is 0. The Hall–Kier alpha value is -1.55. The van der Waals surface area contributed by atoms with Gasteiger partial charge >= 0.3 is 5.97 Å². The van der Waals surface area contributed by atoms with Gasteiger partial charge in [0.1, 0.15) is 11.3 Å². The smallest absolute Gasteiger partial charge is 0.323 e. The van der Waals surface area contributed by atoms with Gasteiger partial charge in [0.15, 0.2) is 0 Å². The molecular formula is C14H19NO3. The van der Waals surface area contributed by atoms with Crippen LogP contribution in [0.25, 0.3) is 0 Å². The number of benzene rings is 1. The predicted octanol–water partition coefficient (Wildman–Crippen LogP) is 2.39. The van der Waals surface area contributed by atoms with Crippen molar-refractivity contribution in [1.82, 2.24) is 4.90 Å². The Morgan fingerprint density at radius 3 is 2.56 bits per heavy atom. The maximum absolute atomic E-state index is 11.4. The van der Waals surface area contributed by atoms with Crippen LogP contribution in [0.5, 0.6) is 5.75 Å². The van der Waals surface area contributed by atoms with Gasteiger partial charge in [0.25, 0.3) is 0 Å². The van der Waals surface area contributed by atoms with E-state index in [1.807, 2.05) is 24.0 Å². The second-order valence-corrected chi connectivity index (χ2v) is 5.14. The van der Waals surface area contributed by atoms with Gasteiger partial charge in [0, 0.05) is 6.04 Å². The SMILES string of the molecule is CC(c1ccc(O)cc1)N1CCCC1(C)C(=O)O. The van der Waals surface area contributed by atoms with Gasteiger partial charge in [-0.3, -0.25) is 9.69 Å². The molecule has 0 amide bonds. The van der Waals surface area contributed by atoms with Crippen LogP contribution in [0.15, 0.2) is 24.3 Å². The Morgan fingerprint density at radius 1 is 1.39 bits per heavy atom. The van der Waals surface area contributed by atoms with E-state index in [2.05, 4.69) is 0 Å². The van der Waals surface area contributed by atoms with E-state index in [-0.39, 0.29) is 11.8 Å². The molecular weight excluding hydrogens is 230 g/mol. The third-order valence-electron chi connectivity index (χ3n) is 4.00. The summed E-state index contributed by atoms with van der Waals surface area (Å²) in [6.45, 7) is 4.60. The van der Waals surface area contributed by atoms with Crippen molar-refractivity contribution in [2.45, 2.75) is 38.3 Å². The molecule has 0 aliphatic carbocycles. The van der Waals surface area contributed by atoms with Gasteiger partial charge in [-0.05, 0) is 50.9 Å². The highest BCUT2D eigenvalue weighted by Gasteiger charge is 2.45. The molecule has 4 nitrogen and oxygen atoms in total. The van der Waals surface area contributed by atoms with Crippen molar-refractivity contribution >= 4 is 5.97 Å². The Kier molecular flexibility index (Phi) is 3.30. The number of aliphatic carboxylic acids is 1. The molecule has 4 heteroatoms. The second kappa shape index (κ2) is 4.61. The summed E-state index contributed by atoms with van der Waals surface area (Å²) in [7, 11) is 0. The maximum atomic E-state index is 11.4. The normalized spacial score (nSPS) is 26.1. The summed E-state index contributed by atoms with van der Waals surface area (Å²) in [5, 5.41) is 18.7. The number of nitrogens with zero attached hydrogens (tertiary/aromatic N) is 1. The number of aromatic hydroxyl groups is 1. The molecule has 1 fully saturated rings. The number of hydrogen-bond donors (Lipinski definition) is 2. The van der Waals surface area contributed by atoms with E-state index in [0.29, 0.717) is 6.42 Å². The van der Waals surface area contributed by atoms with E-state index in [4.69, 9.17) is 0 Å². The first-order valence-corrected chi connectivity index (χ1v) is 6.24. The van der Waals surface area contributed by atoms with Gasteiger partial charge in [-0.25, -0.2) is 0 Å². The largest absolute Gasteiger partial charge is 0.508 e. The first-order chi connectivity index (χ1) is 8.45. The monoisotopic (exact) mass is 249 g/mol. The molecule has 0 spiro atoms. The predicted molar refractivity (Wildman–Crippen MR) is 68.5 cm³/mol. The number of likely N-dealkylation sites (tertiary alicyclic amines) is 1. The van der Waals surface area contributed by atoms with E-state index in [9.17, 15) is 15.0 Å². The third kappa shape index (κ3) is 2.08. The summed E-state index contributed by atoms with van der Waals surface area (Å²) in [6, 6.07) is 7.01. The van der Waals surface area contributed by atoms with Crippen molar-refractivity contribution in [2.75, 3.05) is 6.54 Å². The minimum absolute atomic E-state index is 0.0363. The number of carboxylic acid groups (broad SMARTS) is 1. The summed E-state index contributed by atoms with van der Waals surface area (Å²) < 4.78 is 0. The zero-order valence-electron chi connectivity index (χ0n) is 10.8. The molecule has 1 aliphatic rings. The van der Waals surface area contributed by atoms with Gasteiger partial charge < -0.3 is 10.2 Å². The standard InChI is InChI=1S/C14H19NO3/c1-10(11-4-6-12(16)7-5-11)15-9-3-8-14(15,2)13(17)18/h4-7,10,16H,3,8-9H2,1-2H3,(H,17,18). The van der Waals surface area contributed by atoms with Crippen LogP contribution >= 0.6 is 0 Å². The summed E-state index contributed by atoms with van der Waals surface area (Å²) in [5.41, 5.74) is 0.249. The molecule has 0 radical (unpaired) electrons. The summed E-state index contributed by atoms with van der Waals surface area (Å²) in [6.07, 6.45) is 1.59. The number of hydrogen-bond acceptors (Lipinski definition) is 3. The van der Waals surface area contributed by atoms with Crippen LogP contribution in [0, 0.1) is 0 Å². The molecule has 1 aliphatic heterocycles. The molecule has 2 rings (SSSR count). The quantitative estimate of drug-likeness (QED) is 0.863. The molecule has 18 heavy (non-hydrogen) atoms. The molecule has 98 valence electrons. The number of carboxylic acids is 1.